The topological polar surface area (TPSA) is 89.1 Å². The average Bonchev–Trinajstić information content (AvgIpc) is 3.11. The van der Waals surface area contributed by atoms with Crippen LogP contribution < -0.4 is 16.4 Å². The van der Waals surface area contributed by atoms with E-state index in [1.807, 2.05) is 6.92 Å². The van der Waals surface area contributed by atoms with Crippen LogP contribution in [0.1, 0.15) is 113 Å². The zero-order valence-corrected chi connectivity index (χ0v) is 33.5. The van der Waals surface area contributed by atoms with Crippen LogP contribution in [0, 0.1) is 17.3 Å². The van der Waals surface area contributed by atoms with E-state index >= 15 is 9.18 Å². The van der Waals surface area contributed by atoms with E-state index in [0.29, 0.717) is 19.0 Å². The fraction of sp³-hybridized carbons (Fsp3) is 0.854. The number of nitrogens with two attached hydrogens (primary N) is 1. The molecule has 0 aromatic heterocycles. The zero-order valence-electron chi connectivity index (χ0n) is 33.5. The third-order valence-corrected chi connectivity index (χ3v) is 13.1. The number of fused-ring (bicyclic) bond motifs is 1. The Morgan fingerprint density at radius 3 is 2.43 bits per heavy atom. The smallest absolute Gasteiger partial charge is 0.232 e. The summed E-state index contributed by atoms with van der Waals surface area (Å²) in [5.41, 5.74) is 13.3. The van der Waals surface area contributed by atoms with Crippen molar-refractivity contribution >= 4 is 11.6 Å². The Morgan fingerprint density at radius 1 is 1.12 bits per heavy atom. The maximum Gasteiger partial charge on any atom is 0.232 e. The highest BCUT2D eigenvalue weighted by atomic mass is 19.1. The van der Waals surface area contributed by atoms with Crippen LogP contribution in [0.2, 0.25) is 0 Å². The lowest BCUT2D eigenvalue weighted by Gasteiger charge is -2.53. The van der Waals surface area contributed by atoms with Crippen molar-refractivity contribution in [3.63, 3.8) is 0 Å². The van der Waals surface area contributed by atoms with Crippen LogP contribution in [0.3, 0.4) is 0 Å². The highest BCUT2D eigenvalue weighted by Crippen LogP contribution is 2.51. The van der Waals surface area contributed by atoms with Crippen molar-refractivity contribution in [1.82, 2.24) is 25.3 Å². The number of alkyl halides is 1. The maximum absolute atomic E-state index is 16.3. The van der Waals surface area contributed by atoms with Crippen molar-refractivity contribution in [3.05, 3.63) is 22.5 Å². The van der Waals surface area contributed by atoms with Gasteiger partial charge in [-0.15, -0.1) is 0 Å². The fourth-order valence-electron chi connectivity index (χ4n) is 10.5. The normalized spacial score (nSPS) is 30.8. The van der Waals surface area contributed by atoms with Crippen molar-refractivity contribution in [2.45, 2.75) is 144 Å². The van der Waals surface area contributed by atoms with E-state index in [9.17, 15) is 0 Å². The van der Waals surface area contributed by atoms with E-state index in [1.54, 1.807) is 0 Å². The lowest BCUT2D eigenvalue weighted by atomic mass is 9.62. The molecule has 10 heteroatoms. The van der Waals surface area contributed by atoms with E-state index in [1.165, 1.54) is 22.6 Å². The molecule has 0 saturated carbocycles. The van der Waals surface area contributed by atoms with Crippen LogP contribution in [-0.4, -0.2) is 127 Å². The van der Waals surface area contributed by atoms with Crippen LogP contribution in [-0.2, 0) is 9.53 Å². The summed E-state index contributed by atoms with van der Waals surface area (Å²) in [6.07, 6.45) is 6.73. The summed E-state index contributed by atoms with van der Waals surface area (Å²) in [6, 6.07) is 0.116. The summed E-state index contributed by atoms with van der Waals surface area (Å²) < 4.78 is 24.5. The van der Waals surface area contributed by atoms with Gasteiger partial charge in [0, 0.05) is 62.1 Å². The first kappa shape index (κ1) is 40.3. The second-order valence-corrected chi connectivity index (χ2v) is 16.7. The van der Waals surface area contributed by atoms with Gasteiger partial charge in [-0.25, -0.2) is 8.97 Å². The van der Waals surface area contributed by atoms with Gasteiger partial charge in [0.15, 0.2) is 13.1 Å². The lowest BCUT2D eigenvalue weighted by molar-refractivity contribution is -0.542. The van der Waals surface area contributed by atoms with Gasteiger partial charge >= 0.3 is 0 Å². The first-order valence-electron chi connectivity index (χ1n) is 20.8. The molecule has 9 nitrogen and oxygen atoms in total. The standard InChI is InChI=1S/C41H72FN7O2/c1-9-13-34-33(42)16-15-32-28(5)25-41(32,8)27-49(34)30(7)36(39(43)44-11-3)40(50)45-37-35(14-10-2)46(12-4)26-29(6)38(37)48-21-19-47(20-22-48)31-17-23-51-24-18-31/h29-31,33-34,36,39,44H,9-27,43H2,1-8H3/p+1. The molecule has 5 rings (SSSR count). The van der Waals surface area contributed by atoms with Gasteiger partial charge in [0.1, 0.15) is 11.9 Å². The number of nitrogens with zero attached hydrogens (tertiary/aromatic N) is 4. The molecule has 51 heavy (non-hydrogen) atoms. The first-order chi connectivity index (χ1) is 24.5. The van der Waals surface area contributed by atoms with E-state index in [4.69, 9.17) is 10.5 Å². The molecule has 0 bridgehead atoms. The number of halogens is 1. The van der Waals surface area contributed by atoms with E-state index in [-0.39, 0.29) is 29.3 Å². The SMILES string of the molecule is CCCC1=C(NC(=O)C(C(N)NCC)C(C)N2CC3(C)CC(C)=C3CCC(F)C2CCC)C(=[N+]2CCN(C3CCOCC3)CC2)C(C)CN1CC. The molecule has 0 spiro atoms. The molecular formula is C41H73FN7O2+. The Balaban J connectivity index is 1.50. The third kappa shape index (κ3) is 8.77. The summed E-state index contributed by atoms with van der Waals surface area (Å²) in [5, 5.41) is 7.03. The van der Waals surface area contributed by atoms with Crippen molar-refractivity contribution in [3.8, 4) is 0 Å². The van der Waals surface area contributed by atoms with Crippen LogP contribution in [0.15, 0.2) is 22.5 Å². The Kier molecular flexibility index (Phi) is 14.2. The summed E-state index contributed by atoms with van der Waals surface area (Å²) in [7, 11) is 0. The molecule has 4 N–H and O–H groups in total. The minimum absolute atomic E-state index is 0.0127. The van der Waals surface area contributed by atoms with Gasteiger partial charge in [0.2, 0.25) is 11.6 Å². The Hall–Kier alpha value is -1.85. The van der Waals surface area contributed by atoms with E-state index < -0.39 is 18.3 Å². The monoisotopic (exact) mass is 715 g/mol. The number of ether oxygens (including phenoxy) is 1. The molecule has 4 heterocycles. The number of hydrogen-bond acceptors (Lipinski definition) is 7. The van der Waals surface area contributed by atoms with Crippen molar-refractivity contribution in [2.75, 3.05) is 65.6 Å². The Bertz CT molecular complexity index is 1280. The summed E-state index contributed by atoms with van der Waals surface area (Å²) in [5.74, 6) is -0.347. The van der Waals surface area contributed by atoms with E-state index in [0.717, 1.165) is 116 Å². The molecule has 3 saturated heterocycles. The number of hydrogen-bond donors (Lipinski definition) is 3. The van der Waals surface area contributed by atoms with Gasteiger partial charge in [-0.3, -0.25) is 14.6 Å². The number of amides is 1. The molecule has 0 aromatic rings. The third-order valence-electron chi connectivity index (χ3n) is 13.1. The zero-order chi connectivity index (χ0) is 36.9. The van der Waals surface area contributed by atoms with Gasteiger partial charge < -0.3 is 26.0 Å². The number of carbonyl (C=O) groups excluding carboxylic acids is 1. The molecule has 7 unspecified atom stereocenters. The fourth-order valence-corrected chi connectivity index (χ4v) is 10.5. The molecule has 290 valence electrons. The molecule has 0 aromatic carbocycles. The predicted octanol–water partition coefficient (Wildman–Crippen LogP) is 5.26. The van der Waals surface area contributed by atoms with Crippen molar-refractivity contribution < 1.29 is 18.5 Å². The van der Waals surface area contributed by atoms with Crippen molar-refractivity contribution in [1.29, 1.82) is 0 Å². The second-order valence-electron chi connectivity index (χ2n) is 16.7. The lowest BCUT2D eigenvalue weighted by Crippen LogP contribution is -2.63. The quantitative estimate of drug-likeness (QED) is 0.136. The number of nitrogens with one attached hydrogen (secondary N) is 2. The minimum atomic E-state index is -0.937. The van der Waals surface area contributed by atoms with E-state index in [2.05, 4.69) is 78.4 Å². The number of allylic oxidation sites excluding steroid dienone is 3. The predicted molar refractivity (Wildman–Crippen MR) is 206 cm³/mol. The van der Waals surface area contributed by atoms with Crippen LogP contribution in [0.25, 0.3) is 0 Å². The van der Waals surface area contributed by atoms with Crippen LogP contribution in [0.5, 0.6) is 0 Å². The molecule has 1 amide bonds. The largest absolute Gasteiger partial charge is 0.381 e. The molecule has 3 fully saturated rings. The Labute approximate surface area is 309 Å². The second kappa shape index (κ2) is 18.0. The van der Waals surface area contributed by atoms with Gasteiger partial charge in [-0.2, -0.15) is 0 Å². The summed E-state index contributed by atoms with van der Waals surface area (Å²) >= 11 is 0. The van der Waals surface area contributed by atoms with Gasteiger partial charge in [0.05, 0.1) is 31.1 Å². The Morgan fingerprint density at radius 2 is 1.82 bits per heavy atom. The number of rotatable bonds is 13. The molecule has 4 aliphatic heterocycles. The molecule has 5 aliphatic rings. The first-order valence-corrected chi connectivity index (χ1v) is 20.8. The number of carbonyl (C=O) groups is 1. The van der Waals surface area contributed by atoms with Crippen LogP contribution >= 0.6 is 0 Å². The molecule has 0 radical (unpaired) electrons. The summed E-state index contributed by atoms with van der Waals surface area (Å²) in [4.78, 5) is 22.6. The highest BCUT2D eigenvalue weighted by molar-refractivity contribution is 6.03. The number of piperazine rings is 1. The molecule has 1 aliphatic carbocycles. The minimum Gasteiger partial charge on any atom is -0.381 e. The molecular weight excluding hydrogens is 641 g/mol. The van der Waals surface area contributed by atoms with Gasteiger partial charge in [0.25, 0.3) is 0 Å². The maximum atomic E-state index is 16.3. The van der Waals surface area contributed by atoms with Crippen molar-refractivity contribution in [2.24, 2.45) is 23.0 Å². The number of likely N-dealkylation sites (tertiary alicyclic amines) is 1. The van der Waals surface area contributed by atoms with Gasteiger partial charge in [-0.1, -0.05) is 58.6 Å². The summed E-state index contributed by atoms with van der Waals surface area (Å²) in [6.45, 7) is 26.6. The van der Waals surface area contributed by atoms with Crippen LogP contribution in [0.4, 0.5) is 4.39 Å². The van der Waals surface area contributed by atoms with Gasteiger partial charge in [-0.05, 0) is 72.3 Å². The molecule has 7 atom stereocenters. The highest BCUT2D eigenvalue weighted by Gasteiger charge is 2.48. The average molecular weight is 715 g/mol.